The number of carbonyl (C=O) groups is 1. The van der Waals surface area contributed by atoms with Gasteiger partial charge in [-0.2, -0.15) is 0 Å². The van der Waals surface area contributed by atoms with Gasteiger partial charge < -0.3 is 16.0 Å². The molecule has 3 N–H and O–H groups in total. The summed E-state index contributed by atoms with van der Waals surface area (Å²) in [4.78, 5) is 29.0. The van der Waals surface area contributed by atoms with E-state index in [-0.39, 0.29) is 11.9 Å². The number of fused-ring (bicyclic) bond motifs is 1. The molecule has 1 atom stereocenters. The Hall–Kier alpha value is -2.74. The second-order valence-electron chi connectivity index (χ2n) is 5.91. The number of nitrogens with two attached hydrogens (primary N) is 1. The zero-order valence-corrected chi connectivity index (χ0v) is 14.6. The van der Waals surface area contributed by atoms with Crippen molar-refractivity contribution < 1.29 is 4.79 Å². The van der Waals surface area contributed by atoms with E-state index >= 15 is 0 Å². The van der Waals surface area contributed by atoms with Gasteiger partial charge in [-0.05, 0) is 31.0 Å². The summed E-state index contributed by atoms with van der Waals surface area (Å²) in [5.41, 5.74) is 7.57. The molecule has 0 aliphatic carbocycles. The van der Waals surface area contributed by atoms with Crippen molar-refractivity contribution in [3.05, 3.63) is 41.2 Å². The van der Waals surface area contributed by atoms with Crippen molar-refractivity contribution in [3.63, 3.8) is 0 Å². The van der Waals surface area contributed by atoms with E-state index in [0.29, 0.717) is 10.6 Å². The molecule has 7 nitrogen and oxygen atoms in total. The van der Waals surface area contributed by atoms with Crippen molar-refractivity contribution in [2.75, 3.05) is 24.2 Å². The van der Waals surface area contributed by atoms with Crippen molar-refractivity contribution >= 4 is 39.1 Å². The number of aromatic nitrogens is 3. The van der Waals surface area contributed by atoms with Gasteiger partial charge in [-0.1, -0.05) is 0 Å². The molecule has 1 aliphatic heterocycles. The van der Waals surface area contributed by atoms with Crippen molar-refractivity contribution in [1.29, 1.82) is 0 Å². The molecular weight excluding hydrogens is 336 g/mol. The fourth-order valence-corrected chi connectivity index (χ4v) is 4.28. The quantitative estimate of drug-likeness (QED) is 0.749. The predicted molar refractivity (Wildman–Crippen MR) is 98.8 cm³/mol. The van der Waals surface area contributed by atoms with Gasteiger partial charge in [0.2, 0.25) is 5.95 Å². The third-order valence-corrected chi connectivity index (χ3v) is 5.57. The Kier molecular flexibility index (Phi) is 3.96. The highest BCUT2D eigenvalue weighted by Crippen LogP contribution is 2.37. The van der Waals surface area contributed by atoms with Gasteiger partial charge in [0.1, 0.15) is 9.71 Å². The summed E-state index contributed by atoms with van der Waals surface area (Å²) < 4.78 is 0. The predicted octanol–water partition coefficient (Wildman–Crippen LogP) is 2.37. The summed E-state index contributed by atoms with van der Waals surface area (Å²) in [5.74, 6) is 0.547. The fraction of sp³-hybridized carbons (Fsp3) is 0.294. The zero-order valence-electron chi connectivity index (χ0n) is 13.8. The van der Waals surface area contributed by atoms with Gasteiger partial charge in [0.25, 0.3) is 5.91 Å². The second kappa shape index (κ2) is 6.29. The van der Waals surface area contributed by atoms with Crippen LogP contribution in [-0.4, -0.2) is 34.5 Å². The first kappa shape index (κ1) is 15.8. The number of nitrogen functional groups attached to an aromatic ring is 1. The molecule has 4 heterocycles. The maximum Gasteiger partial charge on any atom is 0.263 e. The molecule has 0 aromatic carbocycles. The lowest BCUT2D eigenvalue weighted by Crippen LogP contribution is -2.25. The van der Waals surface area contributed by atoms with Crippen LogP contribution in [0.1, 0.15) is 34.2 Å². The molecule has 4 rings (SSSR count). The van der Waals surface area contributed by atoms with Crippen LogP contribution in [0.5, 0.6) is 0 Å². The van der Waals surface area contributed by atoms with Crippen LogP contribution in [0.2, 0.25) is 0 Å². The summed E-state index contributed by atoms with van der Waals surface area (Å²) in [6, 6.07) is 5.90. The van der Waals surface area contributed by atoms with Crippen molar-refractivity contribution in [3.8, 4) is 0 Å². The fourth-order valence-electron chi connectivity index (χ4n) is 3.23. The van der Waals surface area contributed by atoms with Crippen LogP contribution in [0.15, 0.2) is 30.6 Å². The Morgan fingerprint density at radius 3 is 2.92 bits per heavy atom. The minimum absolute atomic E-state index is 0.138. The van der Waals surface area contributed by atoms with E-state index in [1.165, 1.54) is 11.3 Å². The molecule has 0 unspecified atom stereocenters. The third kappa shape index (κ3) is 2.68. The lowest BCUT2D eigenvalue weighted by atomic mass is 10.1. The molecule has 1 amide bonds. The van der Waals surface area contributed by atoms with E-state index in [1.807, 2.05) is 18.2 Å². The average Bonchev–Trinajstić information content (AvgIpc) is 3.26. The Balaban J connectivity index is 1.73. The standard InChI is InChI=1S/C17H18N6OS/c1-19-15(24)14-13(18)10-5-6-11(22-16(10)25-14)12-4-2-9-23(12)17-20-7-3-8-21-17/h3,5-8,12H,2,4,9,18H2,1H3,(H,19,24)/t12-/m1/s1. The van der Waals surface area contributed by atoms with Gasteiger partial charge in [0.05, 0.1) is 17.4 Å². The summed E-state index contributed by atoms with van der Waals surface area (Å²) in [5, 5.41) is 3.45. The summed E-state index contributed by atoms with van der Waals surface area (Å²) >= 11 is 1.33. The number of hydrogen-bond donors (Lipinski definition) is 2. The minimum atomic E-state index is -0.178. The highest BCUT2D eigenvalue weighted by Gasteiger charge is 2.29. The number of anilines is 2. The largest absolute Gasteiger partial charge is 0.397 e. The Bertz CT molecular complexity index is 926. The molecule has 25 heavy (non-hydrogen) atoms. The summed E-state index contributed by atoms with van der Waals surface area (Å²) in [6.45, 7) is 0.907. The molecule has 3 aromatic heterocycles. The topological polar surface area (TPSA) is 97.0 Å². The molecule has 0 spiro atoms. The normalized spacial score (nSPS) is 17.2. The monoisotopic (exact) mass is 354 g/mol. The third-order valence-electron chi connectivity index (χ3n) is 4.45. The zero-order chi connectivity index (χ0) is 17.4. The number of nitrogens with zero attached hydrogens (tertiary/aromatic N) is 4. The molecule has 1 fully saturated rings. The van der Waals surface area contributed by atoms with Crippen LogP contribution in [0, 0.1) is 0 Å². The lowest BCUT2D eigenvalue weighted by Gasteiger charge is -2.23. The molecule has 8 heteroatoms. The van der Waals surface area contributed by atoms with Crippen molar-refractivity contribution in [2.45, 2.75) is 18.9 Å². The van der Waals surface area contributed by atoms with Crippen molar-refractivity contribution in [1.82, 2.24) is 20.3 Å². The van der Waals surface area contributed by atoms with Crippen LogP contribution in [-0.2, 0) is 0 Å². The number of rotatable bonds is 3. The van der Waals surface area contributed by atoms with E-state index < -0.39 is 0 Å². The van der Waals surface area contributed by atoms with E-state index in [4.69, 9.17) is 10.7 Å². The molecule has 0 saturated carbocycles. The number of nitrogens with one attached hydrogen (secondary N) is 1. The lowest BCUT2D eigenvalue weighted by molar-refractivity contribution is 0.0968. The SMILES string of the molecule is CNC(=O)c1sc2nc([C@H]3CCCN3c3ncccn3)ccc2c1N. The molecule has 128 valence electrons. The van der Waals surface area contributed by atoms with Crippen LogP contribution in [0.25, 0.3) is 10.2 Å². The molecule has 0 bridgehead atoms. The second-order valence-corrected chi connectivity index (χ2v) is 6.91. The maximum atomic E-state index is 11.9. The molecular formula is C17H18N6OS. The highest BCUT2D eigenvalue weighted by molar-refractivity contribution is 7.21. The van der Waals surface area contributed by atoms with Gasteiger partial charge in [-0.15, -0.1) is 11.3 Å². The maximum absolute atomic E-state index is 11.9. The van der Waals surface area contributed by atoms with Crippen LogP contribution < -0.4 is 16.0 Å². The molecule has 3 aromatic rings. The van der Waals surface area contributed by atoms with Gasteiger partial charge >= 0.3 is 0 Å². The first-order chi connectivity index (χ1) is 12.2. The number of hydrogen-bond acceptors (Lipinski definition) is 7. The molecule has 0 radical (unpaired) electrons. The smallest absolute Gasteiger partial charge is 0.263 e. The number of thiophene rings is 1. The van der Waals surface area contributed by atoms with E-state index in [9.17, 15) is 4.79 Å². The molecule has 1 aliphatic rings. The number of pyridine rings is 1. The average molecular weight is 354 g/mol. The van der Waals surface area contributed by atoms with E-state index in [2.05, 4.69) is 20.2 Å². The van der Waals surface area contributed by atoms with Crippen molar-refractivity contribution in [2.24, 2.45) is 0 Å². The van der Waals surface area contributed by atoms with Gasteiger partial charge in [-0.25, -0.2) is 15.0 Å². The van der Waals surface area contributed by atoms with Gasteiger partial charge in [-0.3, -0.25) is 4.79 Å². The van der Waals surface area contributed by atoms with Crippen LogP contribution in [0.3, 0.4) is 0 Å². The molecule has 1 saturated heterocycles. The summed E-state index contributed by atoms with van der Waals surface area (Å²) in [6.07, 6.45) is 5.58. The van der Waals surface area contributed by atoms with Crippen LogP contribution in [0.4, 0.5) is 11.6 Å². The van der Waals surface area contributed by atoms with Crippen LogP contribution >= 0.6 is 11.3 Å². The number of carbonyl (C=O) groups excluding carboxylic acids is 1. The Morgan fingerprint density at radius 1 is 1.36 bits per heavy atom. The minimum Gasteiger partial charge on any atom is -0.397 e. The van der Waals surface area contributed by atoms with Gasteiger partial charge in [0, 0.05) is 31.4 Å². The van der Waals surface area contributed by atoms with E-state index in [0.717, 1.165) is 41.2 Å². The first-order valence-corrected chi connectivity index (χ1v) is 8.95. The Labute approximate surface area is 148 Å². The first-order valence-electron chi connectivity index (χ1n) is 8.13. The Morgan fingerprint density at radius 2 is 2.16 bits per heavy atom. The number of amides is 1. The van der Waals surface area contributed by atoms with E-state index in [1.54, 1.807) is 19.4 Å². The summed E-state index contributed by atoms with van der Waals surface area (Å²) in [7, 11) is 1.60. The van der Waals surface area contributed by atoms with Gasteiger partial charge in [0.15, 0.2) is 0 Å². The highest BCUT2D eigenvalue weighted by atomic mass is 32.1.